The first kappa shape index (κ1) is 15.0. The Morgan fingerprint density at radius 3 is 2.74 bits per heavy atom. The summed E-state index contributed by atoms with van der Waals surface area (Å²) in [7, 11) is 0. The number of hydrogen-bond donors (Lipinski definition) is 1. The molecule has 106 valence electrons. The first-order chi connectivity index (χ1) is 9.08. The maximum Gasteiger partial charge on any atom is 0.0278 e. The van der Waals surface area contributed by atoms with Crippen molar-refractivity contribution in [1.29, 1.82) is 0 Å². The largest absolute Gasteiger partial charge is 0.309 e. The van der Waals surface area contributed by atoms with Gasteiger partial charge >= 0.3 is 0 Å². The van der Waals surface area contributed by atoms with E-state index in [1.54, 1.807) is 0 Å². The number of rotatable bonds is 4. The molecule has 0 spiro atoms. The molecule has 1 aliphatic heterocycles. The van der Waals surface area contributed by atoms with Gasteiger partial charge in [0.25, 0.3) is 0 Å². The molecule has 1 saturated heterocycles. The highest BCUT2D eigenvalue weighted by Crippen LogP contribution is 2.25. The summed E-state index contributed by atoms with van der Waals surface area (Å²) < 4.78 is 1.22. The molecule has 1 aromatic carbocycles. The molecule has 19 heavy (non-hydrogen) atoms. The highest BCUT2D eigenvalue weighted by molar-refractivity contribution is 9.10. The fourth-order valence-electron chi connectivity index (χ4n) is 2.80. The lowest BCUT2D eigenvalue weighted by atomic mass is 9.92. The van der Waals surface area contributed by atoms with Crippen LogP contribution in [0.1, 0.15) is 39.2 Å². The highest BCUT2D eigenvalue weighted by Gasteiger charge is 2.33. The average Bonchev–Trinajstić information content (AvgIpc) is 2.42. The fourth-order valence-corrected chi connectivity index (χ4v) is 3.21. The molecule has 0 radical (unpaired) electrons. The van der Waals surface area contributed by atoms with E-state index in [1.807, 2.05) is 0 Å². The second-order valence-electron chi connectivity index (χ2n) is 5.85. The summed E-state index contributed by atoms with van der Waals surface area (Å²) >= 11 is 3.67. The van der Waals surface area contributed by atoms with Crippen LogP contribution >= 0.6 is 15.9 Å². The third kappa shape index (κ3) is 3.59. The van der Waals surface area contributed by atoms with Gasteiger partial charge in [-0.1, -0.05) is 48.0 Å². The third-order valence-corrected chi connectivity index (χ3v) is 5.19. The molecule has 1 fully saturated rings. The molecule has 0 saturated carbocycles. The minimum atomic E-state index is 0.257. The van der Waals surface area contributed by atoms with E-state index in [-0.39, 0.29) is 5.54 Å². The van der Waals surface area contributed by atoms with E-state index in [2.05, 4.69) is 71.2 Å². The first-order valence-corrected chi connectivity index (χ1v) is 8.09. The van der Waals surface area contributed by atoms with E-state index in [0.717, 1.165) is 19.6 Å². The highest BCUT2D eigenvalue weighted by atomic mass is 79.9. The molecule has 0 aromatic heterocycles. The molecular weight excluding hydrogens is 300 g/mol. The Hall–Kier alpha value is -0.380. The quantitative estimate of drug-likeness (QED) is 0.906. The van der Waals surface area contributed by atoms with Crippen LogP contribution in [-0.4, -0.2) is 29.6 Å². The average molecular weight is 325 g/mol. The summed E-state index contributed by atoms with van der Waals surface area (Å²) in [5, 5.41) is 3.72. The molecule has 2 unspecified atom stereocenters. The Morgan fingerprint density at radius 2 is 2.11 bits per heavy atom. The zero-order chi connectivity index (χ0) is 13.9. The van der Waals surface area contributed by atoms with Crippen molar-refractivity contribution in [2.24, 2.45) is 0 Å². The van der Waals surface area contributed by atoms with Crippen molar-refractivity contribution in [1.82, 2.24) is 10.2 Å². The van der Waals surface area contributed by atoms with Crippen molar-refractivity contribution in [3.05, 3.63) is 34.3 Å². The van der Waals surface area contributed by atoms with Crippen molar-refractivity contribution in [3.8, 4) is 0 Å². The summed E-state index contributed by atoms with van der Waals surface area (Å²) in [6, 6.07) is 9.22. The lowest BCUT2D eigenvalue weighted by Gasteiger charge is -2.46. The predicted molar refractivity (Wildman–Crippen MR) is 85.3 cm³/mol. The molecule has 2 rings (SSSR count). The zero-order valence-corrected chi connectivity index (χ0v) is 13.8. The normalized spacial score (nSPS) is 28.5. The number of hydrogen-bond acceptors (Lipinski definition) is 2. The van der Waals surface area contributed by atoms with Gasteiger partial charge in [-0.2, -0.15) is 0 Å². The molecule has 3 heteroatoms. The number of benzene rings is 1. The molecule has 2 nitrogen and oxygen atoms in total. The van der Waals surface area contributed by atoms with Crippen LogP contribution in [0.25, 0.3) is 0 Å². The zero-order valence-electron chi connectivity index (χ0n) is 12.2. The van der Waals surface area contributed by atoms with Gasteiger partial charge in [-0.15, -0.1) is 0 Å². The lowest BCUT2D eigenvalue weighted by Crippen LogP contribution is -2.62. The van der Waals surface area contributed by atoms with Gasteiger partial charge in [0.2, 0.25) is 0 Å². The van der Waals surface area contributed by atoms with E-state index in [4.69, 9.17) is 0 Å². The van der Waals surface area contributed by atoms with E-state index in [9.17, 15) is 0 Å². The molecule has 2 atom stereocenters. The monoisotopic (exact) mass is 324 g/mol. The van der Waals surface area contributed by atoms with Crippen molar-refractivity contribution in [3.63, 3.8) is 0 Å². The second-order valence-corrected chi connectivity index (χ2v) is 6.71. The van der Waals surface area contributed by atoms with Crippen LogP contribution < -0.4 is 5.32 Å². The standard InChI is InChI=1S/C16H25BrN2/c1-4-14-10-18-16(3,5-2)12-19(14)11-13-8-6-7-9-15(13)17/h6-9,14,18H,4-5,10-12H2,1-3H3. The summed E-state index contributed by atoms with van der Waals surface area (Å²) in [6.45, 7) is 10.2. The number of nitrogens with one attached hydrogen (secondary N) is 1. The number of nitrogens with zero attached hydrogens (tertiary/aromatic N) is 1. The van der Waals surface area contributed by atoms with Crippen molar-refractivity contribution in [2.45, 2.75) is 51.7 Å². The first-order valence-electron chi connectivity index (χ1n) is 7.30. The van der Waals surface area contributed by atoms with Crippen LogP contribution in [0.4, 0.5) is 0 Å². The topological polar surface area (TPSA) is 15.3 Å². The Morgan fingerprint density at radius 1 is 1.37 bits per heavy atom. The maximum atomic E-state index is 3.72. The van der Waals surface area contributed by atoms with Gasteiger partial charge in [0.1, 0.15) is 0 Å². The number of halogens is 1. The van der Waals surface area contributed by atoms with Crippen LogP contribution in [0.5, 0.6) is 0 Å². The smallest absolute Gasteiger partial charge is 0.0278 e. The Bertz CT molecular complexity index is 421. The second kappa shape index (κ2) is 6.38. The molecule has 0 bridgehead atoms. The SMILES string of the molecule is CCC1CNC(C)(CC)CN1Cc1ccccc1Br. The van der Waals surface area contributed by atoms with Gasteiger partial charge in [0, 0.05) is 35.7 Å². The molecule has 1 N–H and O–H groups in total. The lowest BCUT2D eigenvalue weighted by molar-refractivity contribution is 0.0753. The van der Waals surface area contributed by atoms with Crippen molar-refractivity contribution in [2.75, 3.05) is 13.1 Å². The summed E-state index contributed by atoms with van der Waals surface area (Å²) in [6.07, 6.45) is 2.38. The summed E-state index contributed by atoms with van der Waals surface area (Å²) in [4.78, 5) is 2.64. The van der Waals surface area contributed by atoms with Crippen molar-refractivity contribution < 1.29 is 0 Å². The number of piperazine rings is 1. The third-order valence-electron chi connectivity index (χ3n) is 4.42. The van der Waals surface area contributed by atoms with Crippen molar-refractivity contribution >= 4 is 15.9 Å². The molecule has 1 aromatic rings. The van der Waals surface area contributed by atoms with Gasteiger partial charge in [-0.05, 0) is 31.4 Å². The molecule has 0 amide bonds. The van der Waals surface area contributed by atoms with Gasteiger partial charge < -0.3 is 5.32 Å². The molecule has 1 heterocycles. The van der Waals surface area contributed by atoms with E-state index in [1.165, 1.54) is 22.9 Å². The minimum Gasteiger partial charge on any atom is -0.309 e. The van der Waals surface area contributed by atoms with Gasteiger partial charge in [0.15, 0.2) is 0 Å². The molecule has 0 aliphatic carbocycles. The summed E-state index contributed by atoms with van der Waals surface area (Å²) in [5.74, 6) is 0. The molecule has 1 aliphatic rings. The van der Waals surface area contributed by atoms with E-state index >= 15 is 0 Å². The van der Waals surface area contributed by atoms with E-state index < -0.39 is 0 Å². The Kier molecular flexibility index (Phi) is 5.04. The van der Waals surface area contributed by atoms with Gasteiger partial charge in [0.05, 0.1) is 0 Å². The van der Waals surface area contributed by atoms with Gasteiger partial charge in [-0.25, -0.2) is 0 Å². The van der Waals surface area contributed by atoms with Gasteiger partial charge in [-0.3, -0.25) is 4.90 Å². The van der Waals surface area contributed by atoms with E-state index in [0.29, 0.717) is 6.04 Å². The Balaban J connectivity index is 2.13. The van der Waals surface area contributed by atoms with Crippen LogP contribution in [0.15, 0.2) is 28.7 Å². The predicted octanol–water partition coefficient (Wildman–Crippen LogP) is 3.80. The van der Waals surface area contributed by atoms with Crippen LogP contribution in [0.2, 0.25) is 0 Å². The maximum absolute atomic E-state index is 3.72. The van der Waals surface area contributed by atoms with Crippen LogP contribution in [0, 0.1) is 0 Å². The fraction of sp³-hybridized carbons (Fsp3) is 0.625. The minimum absolute atomic E-state index is 0.257. The Labute approximate surface area is 125 Å². The van der Waals surface area contributed by atoms with Crippen LogP contribution in [0.3, 0.4) is 0 Å². The molecular formula is C16H25BrN2. The van der Waals surface area contributed by atoms with Crippen LogP contribution in [-0.2, 0) is 6.54 Å². The summed E-state index contributed by atoms with van der Waals surface area (Å²) in [5.41, 5.74) is 1.65.